The maximum Gasteiger partial charge on any atom is 0.300 e. The molecule has 2 atom stereocenters. The number of carbonyl (C=O) groups is 2. The molecule has 39 heavy (non-hydrogen) atoms. The normalized spacial score (nSPS) is 19.6. The minimum atomic E-state index is -0.849. The van der Waals surface area contributed by atoms with Crippen molar-refractivity contribution in [1.29, 1.82) is 0 Å². The SMILES string of the molecule is CC1Cc2cc(/C(O)=C3/C(=O)C(=O)N(c4ccc(OCc5ccccc5)cc4)C3c3cccnc3)ccc2O1. The van der Waals surface area contributed by atoms with E-state index in [4.69, 9.17) is 9.47 Å². The molecule has 2 aliphatic rings. The molecular weight excluding hydrogens is 492 g/mol. The molecule has 1 aromatic heterocycles. The smallest absolute Gasteiger partial charge is 0.300 e. The van der Waals surface area contributed by atoms with Crippen molar-refractivity contribution in [2.75, 3.05) is 4.90 Å². The van der Waals surface area contributed by atoms with Crippen molar-refractivity contribution in [2.45, 2.75) is 32.1 Å². The highest BCUT2D eigenvalue weighted by molar-refractivity contribution is 6.51. The van der Waals surface area contributed by atoms with E-state index < -0.39 is 17.7 Å². The minimum absolute atomic E-state index is 0.0179. The lowest BCUT2D eigenvalue weighted by atomic mass is 9.95. The third-order valence-corrected chi connectivity index (χ3v) is 6.98. The van der Waals surface area contributed by atoms with Crippen LogP contribution in [-0.4, -0.2) is 27.9 Å². The number of hydrogen-bond donors (Lipinski definition) is 1. The molecule has 2 unspecified atom stereocenters. The van der Waals surface area contributed by atoms with E-state index in [1.165, 1.54) is 4.90 Å². The van der Waals surface area contributed by atoms with Gasteiger partial charge in [-0.3, -0.25) is 19.5 Å². The lowest BCUT2D eigenvalue weighted by molar-refractivity contribution is -0.132. The fraction of sp³-hybridized carbons (Fsp3) is 0.156. The Morgan fingerprint density at radius 2 is 1.82 bits per heavy atom. The van der Waals surface area contributed by atoms with E-state index in [1.54, 1.807) is 60.9 Å². The maximum atomic E-state index is 13.4. The van der Waals surface area contributed by atoms with Crippen LogP contribution in [0.15, 0.2) is 103 Å². The van der Waals surface area contributed by atoms with Gasteiger partial charge in [-0.25, -0.2) is 0 Å². The molecule has 3 aromatic carbocycles. The number of ether oxygens (including phenoxy) is 2. The fourth-order valence-corrected chi connectivity index (χ4v) is 5.12. The molecule has 0 bridgehead atoms. The monoisotopic (exact) mass is 518 g/mol. The molecule has 2 aliphatic heterocycles. The number of fused-ring (bicyclic) bond motifs is 1. The molecule has 3 heterocycles. The summed E-state index contributed by atoms with van der Waals surface area (Å²) >= 11 is 0. The van der Waals surface area contributed by atoms with Gasteiger partial charge >= 0.3 is 0 Å². The zero-order chi connectivity index (χ0) is 26.9. The largest absolute Gasteiger partial charge is 0.507 e. The van der Waals surface area contributed by atoms with Crippen molar-refractivity contribution in [1.82, 2.24) is 4.98 Å². The predicted molar refractivity (Wildman–Crippen MR) is 146 cm³/mol. The van der Waals surface area contributed by atoms with Gasteiger partial charge in [-0.15, -0.1) is 0 Å². The van der Waals surface area contributed by atoms with Gasteiger partial charge in [0, 0.05) is 30.1 Å². The predicted octanol–water partition coefficient (Wildman–Crippen LogP) is 5.61. The second-order valence-corrected chi connectivity index (χ2v) is 9.68. The van der Waals surface area contributed by atoms with Gasteiger partial charge in [0.1, 0.15) is 30.0 Å². The summed E-state index contributed by atoms with van der Waals surface area (Å²) in [6.45, 7) is 2.39. The highest BCUT2D eigenvalue weighted by Crippen LogP contribution is 2.43. The molecule has 1 amide bonds. The summed E-state index contributed by atoms with van der Waals surface area (Å²) in [5.74, 6) is -0.309. The lowest BCUT2D eigenvalue weighted by Crippen LogP contribution is -2.29. The van der Waals surface area contributed by atoms with Crippen LogP contribution in [0.1, 0.15) is 35.2 Å². The molecule has 194 valence electrons. The third-order valence-electron chi connectivity index (χ3n) is 6.98. The summed E-state index contributed by atoms with van der Waals surface area (Å²) in [4.78, 5) is 32.5. The number of amides is 1. The molecule has 0 aliphatic carbocycles. The highest BCUT2D eigenvalue weighted by atomic mass is 16.5. The van der Waals surface area contributed by atoms with E-state index in [1.807, 2.05) is 43.3 Å². The van der Waals surface area contributed by atoms with E-state index in [0.29, 0.717) is 35.6 Å². The Balaban J connectivity index is 1.36. The molecule has 7 heteroatoms. The number of hydrogen-bond acceptors (Lipinski definition) is 6. The van der Waals surface area contributed by atoms with Gasteiger partial charge in [0.25, 0.3) is 11.7 Å². The molecular formula is C32H26N2O5. The number of ketones is 1. The maximum absolute atomic E-state index is 13.4. The van der Waals surface area contributed by atoms with Crippen molar-refractivity contribution in [2.24, 2.45) is 0 Å². The standard InChI is InChI=1S/C32H26N2O5/c1-20-16-24-17-22(9-14-27(24)39-20)30(35)28-29(23-8-5-15-33-18-23)34(32(37)31(28)36)25-10-12-26(13-11-25)38-19-21-6-3-2-4-7-21/h2-15,17-18,20,29,35H,16,19H2,1H3/b30-28-. The van der Waals surface area contributed by atoms with Gasteiger partial charge in [0.2, 0.25) is 0 Å². The Morgan fingerprint density at radius 1 is 1.03 bits per heavy atom. The second kappa shape index (κ2) is 10.1. The van der Waals surface area contributed by atoms with Crippen molar-refractivity contribution in [3.63, 3.8) is 0 Å². The molecule has 0 saturated carbocycles. The first-order valence-electron chi connectivity index (χ1n) is 12.8. The number of benzene rings is 3. The Morgan fingerprint density at radius 3 is 2.56 bits per heavy atom. The number of nitrogens with zero attached hydrogens (tertiary/aromatic N) is 2. The van der Waals surface area contributed by atoms with Gasteiger partial charge in [-0.2, -0.15) is 0 Å². The van der Waals surface area contributed by atoms with Crippen molar-refractivity contribution >= 4 is 23.1 Å². The van der Waals surface area contributed by atoms with E-state index in [9.17, 15) is 14.7 Å². The summed E-state index contributed by atoms with van der Waals surface area (Å²) in [6.07, 6.45) is 3.97. The van der Waals surface area contributed by atoms with Crippen LogP contribution in [0.3, 0.4) is 0 Å². The topological polar surface area (TPSA) is 89.0 Å². The van der Waals surface area contributed by atoms with Crippen LogP contribution >= 0.6 is 0 Å². The number of aliphatic hydroxyl groups is 1. The number of Topliss-reactive ketones (excluding diaryl/α,β-unsaturated/α-hetero) is 1. The lowest BCUT2D eigenvalue weighted by Gasteiger charge is -2.25. The van der Waals surface area contributed by atoms with Gasteiger partial charge in [-0.05, 0) is 72.1 Å². The first-order valence-corrected chi connectivity index (χ1v) is 12.8. The van der Waals surface area contributed by atoms with E-state index >= 15 is 0 Å². The Labute approximate surface area is 226 Å². The first-order chi connectivity index (χ1) is 19.0. The molecule has 1 N–H and O–H groups in total. The Kier molecular flexibility index (Phi) is 6.32. The van der Waals surface area contributed by atoms with Crippen LogP contribution in [0.4, 0.5) is 5.69 Å². The zero-order valence-corrected chi connectivity index (χ0v) is 21.3. The molecule has 0 spiro atoms. The quantitative estimate of drug-likeness (QED) is 0.203. The number of anilines is 1. The molecule has 0 radical (unpaired) electrons. The summed E-state index contributed by atoms with van der Waals surface area (Å²) in [5, 5.41) is 11.4. The van der Waals surface area contributed by atoms with Gasteiger partial charge in [0.05, 0.1) is 11.6 Å². The highest BCUT2D eigenvalue weighted by Gasteiger charge is 2.47. The van der Waals surface area contributed by atoms with Gasteiger partial charge in [-0.1, -0.05) is 36.4 Å². The Bertz CT molecular complexity index is 1570. The number of aliphatic hydroxyl groups excluding tert-OH is 1. The molecule has 1 fully saturated rings. The van der Waals surface area contributed by atoms with Crippen molar-refractivity contribution < 1.29 is 24.2 Å². The minimum Gasteiger partial charge on any atom is -0.507 e. The molecule has 7 nitrogen and oxygen atoms in total. The first kappa shape index (κ1) is 24.4. The van der Waals surface area contributed by atoms with E-state index in [0.717, 1.165) is 16.9 Å². The van der Waals surface area contributed by atoms with Crippen molar-refractivity contribution in [3.05, 3.63) is 125 Å². The van der Waals surface area contributed by atoms with Crippen LogP contribution in [0.25, 0.3) is 5.76 Å². The van der Waals surface area contributed by atoms with E-state index in [-0.39, 0.29) is 17.4 Å². The average Bonchev–Trinajstić information content (AvgIpc) is 3.48. The summed E-state index contributed by atoms with van der Waals surface area (Å²) < 4.78 is 11.7. The number of pyridine rings is 1. The molecule has 4 aromatic rings. The van der Waals surface area contributed by atoms with Crippen molar-refractivity contribution in [3.8, 4) is 11.5 Å². The van der Waals surface area contributed by atoms with Crippen LogP contribution in [-0.2, 0) is 22.6 Å². The van der Waals surface area contributed by atoms with E-state index in [2.05, 4.69) is 4.98 Å². The Hall–Kier alpha value is -4.91. The molecule has 6 rings (SSSR count). The molecule has 1 saturated heterocycles. The number of aromatic nitrogens is 1. The van der Waals surface area contributed by atoms with Gasteiger partial charge < -0.3 is 14.6 Å². The fourth-order valence-electron chi connectivity index (χ4n) is 5.12. The van der Waals surface area contributed by atoms with Crippen LogP contribution < -0.4 is 14.4 Å². The van der Waals surface area contributed by atoms with Gasteiger partial charge in [0.15, 0.2) is 0 Å². The summed E-state index contributed by atoms with van der Waals surface area (Å²) in [5.41, 5.74) is 3.59. The van der Waals surface area contributed by atoms with Crippen LogP contribution in [0.5, 0.6) is 11.5 Å². The average molecular weight is 519 g/mol. The summed E-state index contributed by atoms with van der Waals surface area (Å²) in [6, 6.07) is 24.8. The van der Waals surface area contributed by atoms with Crippen LogP contribution in [0, 0.1) is 0 Å². The number of carbonyl (C=O) groups excluding carboxylic acids is 2. The third kappa shape index (κ3) is 4.63. The number of rotatable bonds is 6. The zero-order valence-electron chi connectivity index (χ0n) is 21.3. The van der Waals surface area contributed by atoms with Crippen LogP contribution in [0.2, 0.25) is 0 Å². The second-order valence-electron chi connectivity index (χ2n) is 9.68. The summed E-state index contributed by atoms with van der Waals surface area (Å²) in [7, 11) is 0.